The third-order valence-electron chi connectivity index (χ3n) is 5.95. The minimum absolute atomic E-state index is 0.134. The van der Waals surface area contributed by atoms with Crippen LogP contribution in [0.15, 0.2) is 60.8 Å². The van der Waals surface area contributed by atoms with E-state index in [1.54, 1.807) is 4.90 Å². The summed E-state index contributed by atoms with van der Waals surface area (Å²) in [7, 11) is 3.40. The molecule has 0 fully saturated rings. The number of anilines is 3. The maximum atomic E-state index is 13.4. The summed E-state index contributed by atoms with van der Waals surface area (Å²) in [5.41, 5.74) is 8.83. The van der Waals surface area contributed by atoms with Crippen molar-refractivity contribution in [1.29, 1.82) is 0 Å². The minimum Gasteiger partial charge on any atom is -0.449 e. The van der Waals surface area contributed by atoms with Gasteiger partial charge in [0.1, 0.15) is 11.4 Å². The Morgan fingerprint density at radius 2 is 1.97 bits per heavy atom. The topological polar surface area (TPSA) is 123 Å². The summed E-state index contributed by atoms with van der Waals surface area (Å²) in [6.07, 6.45) is 1.25. The van der Waals surface area contributed by atoms with Crippen molar-refractivity contribution in [2.75, 3.05) is 49.3 Å². The zero-order chi connectivity index (χ0) is 25.5. The molecule has 0 bridgehead atoms. The number of carbonyl (C=O) groups is 2. The number of benzene rings is 2. The van der Waals surface area contributed by atoms with Gasteiger partial charge in [-0.05, 0) is 23.3 Å². The van der Waals surface area contributed by atoms with Crippen LogP contribution < -0.4 is 20.9 Å². The lowest BCUT2D eigenvalue weighted by Gasteiger charge is -2.22. The minimum atomic E-state index is -0.475. The summed E-state index contributed by atoms with van der Waals surface area (Å²) in [5, 5.41) is 2.44. The van der Waals surface area contributed by atoms with E-state index >= 15 is 0 Å². The molecule has 1 atom stereocenters. The van der Waals surface area contributed by atoms with Crippen LogP contribution in [0, 0.1) is 0 Å². The van der Waals surface area contributed by atoms with E-state index in [1.165, 1.54) is 13.2 Å². The number of nitrogen functional groups attached to an aromatic ring is 1. The van der Waals surface area contributed by atoms with E-state index in [-0.39, 0.29) is 24.6 Å². The molecule has 2 amide bonds. The van der Waals surface area contributed by atoms with Crippen molar-refractivity contribution >= 4 is 29.5 Å². The highest BCUT2D eigenvalue weighted by Crippen LogP contribution is 2.28. The van der Waals surface area contributed by atoms with Crippen LogP contribution in [-0.2, 0) is 16.1 Å². The first kappa shape index (κ1) is 24.9. The van der Waals surface area contributed by atoms with Gasteiger partial charge in [-0.25, -0.2) is 9.78 Å². The fraction of sp³-hybridized carbons (Fsp3) is 0.308. The molecule has 10 heteroatoms. The number of nitrogens with zero attached hydrogens (tertiary/aromatic N) is 4. The van der Waals surface area contributed by atoms with Gasteiger partial charge in [0.05, 0.1) is 19.3 Å². The van der Waals surface area contributed by atoms with Crippen LogP contribution in [0.3, 0.4) is 0 Å². The Bertz CT molecular complexity index is 1210. The Labute approximate surface area is 210 Å². The molecular weight excluding hydrogens is 460 g/mol. The van der Waals surface area contributed by atoms with E-state index in [2.05, 4.69) is 15.3 Å². The molecule has 1 aliphatic rings. The molecule has 4 rings (SSSR count). The average Bonchev–Trinajstić information content (AvgIpc) is 3.02. The zero-order valence-corrected chi connectivity index (χ0v) is 20.4. The molecular formula is C26H30N6O4. The van der Waals surface area contributed by atoms with Crippen molar-refractivity contribution in [1.82, 2.24) is 15.3 Å². The molecule has 0 saturated carbocycles. The first-order chi connectivity index (χ1) is 17.5. The van der Waals surface area contributed by atoms with Crippen LogP contribution in [-0.4, -0.2) is 55.8 Å². The maximum Gasteiger partial charge on any atom is 0.406 e. The number of likely N-dealkylation sites (N-methyl/N-ethyl adjacent to an activating group) is 1. The molecule has 3 aromatic rings. The van der Waals surface area contributed by atoms with Crippen molar-refractivity contribution < 1.29 is 19.1 Å². The van der Waals surface area contributed by atoms with Gasteiger partial charge in [0.25, 0.3) is 5.91 Å². The largest absolute Gasteiger partial charge is 0.449 e. The fourth-order valence-electron chi connectivity index (χ4n) is 4.03. The third-order valence-corrected chi connectivity index (χ3v) is 5.95. The smallest absolute Gasteiger partial charge is 0.406 e. The van der Waals surface area contributed by atoms with E-state index in [4.69, 9.17) is 15.2 Å². The van der Waals surface area contributed by atoms with E-state index in [9.17, 15) is 9.59 Å². The van der Waals surface area contributed by atoms with Crippen LogP contribution >= 0.6 is 0 Å². The normalized spacial score (nSPS) is 14.1. The summed E-state index contributed by atoms with van der Waals surface area (Å²) >= 11 is 0. The summed E-state index contributed by atoms with van der Waals surface area (Å²) in [5.74, 6) is 0.481. The molecule has 1 aliphatic heterocycles. The van der Waals surface area contributed by atoms with Gasteiger partial charge in [-0.1, -0.05) is 42.5 Å². The Morgan fingerprint density at radius 1 is 1.17 bits per heavy atom. The Morgan fingerprint density at radius 3 is 2.75 bits per heavy atom. The van der Waals surface area contributed by atoms with Gasteiger partial charge in [-0.3, -0.25) is 4.79 Å². The molecule has 0 spiro atoms. The summed E-state index contributed by atoms with van der Waals surface area (Å²) < 4.78 is 11.4. The maximum absolute atomic E-state index is 13.4. The summed E-state index contributed by atoms with van der Waals surface area (Å²) in [4.78, 5) is 36.7. The number of alkyl carbamates (subject to hydrolysis) is 1. The second-order valence-electron chi connectivity index (χ2n) is 8.40. The number of aromatic nitrogens is 2. The highest BCUT2D eigenvalue weighted by molar-refractivity contribution is 6.09. The molecule has 1 unspecified atom stereocenters. The van der Waals surface area contributed by atoms with Gasteiger partial charge in [0.15, 0.2) is 0 Å². The highest BCUT2D eigenvalue weighted by atomic mass is 16.5. The summed E-state index contributed by atoms with van der Waals surface area (Å²) in [6.45, 7) is 1.63. The Kier molecular flexibility index (Phi) is 7.96. The van der Waals surface area contributed by atoms with Gasteiger partial charge >= 0.3 is 6.09 Å². The predicted molar refractivity (Wildman–Crippen MR) is 137 cm³/mol. The molecule has 36 heavy (non-hydrogen) atoms. The molecule has 2 heterocycles. The van der Waals surface area contributed by atoms with Crippen LogP contribution in [0.5, 0.6) is 0 Å². The lowest BCUT2D eigenvalue weighted by Crippen LogP contribution is -2.33. The van der Waals surface area contributed by atoms with Gasteiger partial charge in [-0.2, -0.15) is 4.98 Å². The van der Waals surface area contributed by atoms with E-state index < -0.39 is 6.09 Å². The summed E-state index contributed by atoms with van der Waals surface area (Å²) in [6, 6.07) is 17.5. The second kappa shape index (κ2) is 11.5. The number of fused-ring (bicyclic) bond motifs is 1. The number of ether oxygens (including phenoxy) is 2. The fourth-order valence-corrected chi connectivity index (χ4v) is 4.03. The van der Waals surface area contributed by atoms with Crippen molar-refractivity contribution in [2.45, 2.75) is 19.1 Å². The monoisotopic (exact) mass is 490 g/mol. The number of amides is 2. The molecule has 10 nitrogen and oxygen atoms in total. The first-order valence-corrected chi connectivity index (χ1v) is 11.7. The van der Waals surface area contributed by atoms with E-state index in [1.807, 2.05) is 66.5 Å². The van der Waals surface area contributed by atoms with Crippen molar-refractivity contribution in [2.24, 2.45) is 0 Å². The van der Waals surface area contributed by atoms with Crippen LogP contribution in [0.1, 0.15) is 34.0 Å². The van der Waals surface area contributed by atoms with Crippen molar-refractivity contribution in [3.05, 3.63) is 77.5 Å². The number of rotatable bonds is 8. The predicted octanol–water partition coefficient (Wildman–Crippen LogP) is 3.16. The number of nitrogens with one attached hydrogen (secondary N) is 1. The van der Waals surface area contributed by atoms with Crippen molar-refractivity contribution in [3.63, 3.8) is 0 Å². The van der Waals surface area contributed by atoms with Gasteiger partial charge in [0.2, 0.25) is 5.95 Å². The van der Waals surface area contributed by atoms with E-state index in [0.717, 1.165) is 16.8 Å². The molecule has 2 aromatic carbocycles. The highest BCUT2D eigenvalue weighted by Gasteiger charge is 2.28. The lowest BCUT2D eigenvalue weighted by atomic mass is 10.1. The van der Waals surface area contributed by atoms with Gasteiger partial charge < -0.3 is 30.3 Å². The number of nitrogens with two attached hydrogens (primary N) is 1. The molecule has 1 aromatic heterocycles. The number of hydrogen-bond acceptors (Lipinski definition) is 8. The van der Waals surface area contributed by atoms with Crippen LogP contribution in [0.4, 0.5) is 22.2 Å². The first-order valence-electron chi connectivity index (χ1n) is 11.7. The number of hydrogen-bond donors (Lipinski definition) is 2. The quantitative estimate of drug-likeness (QED) is 0.494. The molecule has 188 valence electrons. The third kappa shape index (κ3) is 5.89. The van der Waals surface area contributed by atoms with Crippen LogP contribution in [0.2, 0.25) is 0 Å². The standard InChI is InChI=1S/C26H30N6O4/c1-28-26(34)35-14-11-22(19-8-4-3-5-9-19)36-17-18-7-6-10-20(15-18)32-13-12-31(2)23-21(24(32)33)16-29-25(27)30-23/h3-10,15-16,22H,11-14,17H2,1-2H3,(H,28,34)(H2,27,29,30). The second-order valence-corrected chi connectivity index (χ2v) is 8.40. The van der Waals surface area contributed by atoms with Gasteiger partial charge in [-0.15, -0.1) is 0 Å². The van der Waals surface area contributed by atoms with Crippen molar-refractivity contribution in [3.8, 4) is 0 Å². The average molecular weight is 491 g/mol. The van der Waals surface area contributed by atoms with E-state index in [0.29, 0.717) is 37.5 Å². The zero-order valence-electron chi connectivity index (χ0n) is 20.4. The Balaban J connectivity index is 1.49. The van der Waals surface area contributed by atoms with Crippen LogP contribution in [0.25, 0.3) is 0 Å². The molecule has 0 radical (unpaired) electrons. The number of carbonyl (C=O) groups excluding carboxylic acids is 2. The van der Waals surface area contributed by atoms with Gasteiger partial charge in [0, 0.05) is 45.5 Å². The SMILES string of the molecule is CNC(=O)OCCC(OCc1cccc(N2CCN(C)c3nc(N)ncc3C2=O)c1)c1ccccc1. The molecule has 0 saturated heterocycles. The lowest BCUT2D eigenvalue weighted by molar-refractivity contribution is 0.0199. The molecule has 0 aliphatic carbocycles. The molecule has 3 N–H and O–H groups in total. The Hall–Kier alpha value is -4.18.